The number of aryl methyl sites for hydroxylation is 1. The van der Waals surface area contributed by atoms with Crippen LogP contribution in [-0.2, 0) is 15.7 Å². The van der Waals surface area contributed by atoms with Gasteiger partial charge in [0, 0.05) is 17.8 Å². The van der Waals surface area contributed by atoms with Crippen molar-refractivity contribution >= 4 is 11.7 Å². The van der Waals surface area contributed by atoms with Crippen molar-refractivity contribution in [3.05, 3.63) is 41.0 Å². The Morgan fingerprint density at radius 1 is 1.38 bits per heavy atom. The van der Waals surface area contributed by atoms with Crippen LogP contribution in [0.2, 0.25) is 0 Å². The highest BCUT2D eigenvalue weighted by Crippen LogP contribution is 2.33. The molecule has 3 nitrogen and oxygen atoms in total. The molecule has 0 fully saturated rings. The maximum atomic E-state index is 12.8. The van der Waals surface area contributed by atoms with Gasteiger partial charge < -0.3 is 10.1 Å². The Bertz CT molecular complexity index is 536. The zero-order valence-electron chi connectivity index (χ0n) is 12.2. The third-order valence-corrected chi connectivity index (χ3v) is 3.03. The van der Waals surface area contributed by atoms with Crippen LogP contribution in [0.3, 0.4) is 0 Å². The summed E-state index contributed by atoms with van der Waals surface area (Å²) in [4.78, 5) is 11.3. The lowest BCUT2D eigenvalue weighted by atomic mass is 10.1. The number of carbonyl (C=O) groups excluding carboxylic acids is 1. The molecule has 0 radical (unpaired) electrons. The van der Waals surface area contributed by atoms with Gasteiger partial charge in [0.25, 0.3) is 0 Å². The zero-order chi connectivity index (χ0) is 16.0. The van der Waals surface area contributed by atoms with Gasteiger partial charge in [0.15, 0.2) is 0 Å². The van der Waals surface area contributed by atoms with E-state index in [4.69, 9.17) is 0 Å². The van der Waals surface area contributed by atoms with E-state index in [1.165, 1.54) is 20.1 Å². The van der Waals surface area contributed by atoms with Gasteiger partial charge in [-0.15, -0.1) is 0 Å². The number of hydrogen-bond acceptors (Lipinski definition) is 3. The lowest BCUT2D eigenvalue weighted by Gasteiger charge is -2.13. The van der Waals surface area contributed by atoms with Crippen LogP contribution in [0.5, 0.6) is 0 Å². The number of benzene rings is 1. The maximum Gasteiger partial charge on any atom is 0.416 e. The van der Waals surface area contributed by atoms with Crippen LogP contribution in [0, 0.1) is 6.92 Å². The van der Waals surface area contributed by atoms with Gasteiger partial charge in [0.2, 0.25) is 0 Å². The van der Waals surface area contributed by atoms with Crippen molar-refractivity contribution in [1.29, 1.82) is 0 Å². The van der Waals surface area contributed by atoms with Crippen LogP contribution in [0.4, 0.5) is 18.9 Å². The standard InChI is InChI=1S/C15H18F3NO2/c1-4-11(14(20)21-3)7-8-19-12-6-5-10(2)13(9-12)15(16,17)18/h5-7,9,19H,4,8H2,1-3H3/b11-7-. The zero-order valence-corrected chi connectivity index (χ0v) is 12.2. The molecule has 0 spiro atoms. The van der Waals surface area contributed by atoms with E-state index in [1.807, 2.05) is 0 Å². The summed E-state index contributed by atoms with van der Waals surface area (Å²) in [7, 11) is 1.29. The Labute approximate surface area is 121 Å². The molecule has 6 heteroatoms. The van der Waals surface area contributed by atoms with Gasteiger partial charge in [-0.2, -0.15) is 13.2 Å². The van der Waals surface area contributed by atoms with Crippen molar-refractivity contribution < 1.29 is 22.7 Å². The van der Waals surface area contributed by atoms with E-state index in [1.54, 1.807) is 19.1 Å². The average molecular weight is 301 g/mol. The third kappa shape index (κ3) is 4.81. The highest BCUT2D eigenvalue weighted by atomic mass is 19.4. The lowest BCUT2D eigenvalue weighted by Crippen LogP contribution is -2.10. The predicted molar refractivity (Wildman–Crippen MR) is 75.1 cm³/mol. The van der Waals surface area contributed by atoms with E-state index in [2.05, 4.69) is 10.1 Å². The molecule has 1 aromatic carbocycles. The molecule has 0 bridgehead atoms. The van der Waals surface area contributed by atoms with Crippen molar-refractivity contribution in [1.82, 2.24) is 0 Å². The van der Waals surface area contributed by atoms with Crippen molar-refractivity contribution in [3.8, 4) is 0 Å². The second-order valence-electron chi connectivity index (χ2n) is 4.48. The smallest absolute Gasteiger partial charge is 0.416 e. The summed E-state index contributed by atoms with van der Waals surface area (Å²) in [5, 5.41) is 2.84. The van der Waals surface area contributed by atoms with Gasteiger partial charge >= 0.3 is 12.1 Å². The third-order valence-electron chi connectivity index (χ3n) is 3.03. The second kappa shape index (κ2) is 7.15. The van der Waals surface area contributed by atoms with Crippen LogP contribution >= 0.6 is 0 Å². The summed E-state index contributed by atoms with van der Waals surface area (Å²) in [5.74, 6) is -0.431. The highest BCUT2D eigenvalue weighted by Gasteiger charge is 2.32. The number of rotatable bonds is 5. The van der Waals surface area contributed by atoms with Crippen LogP contribution < -0.4 is 5.32 Å². The molecule has 0 aliphatic heterocycles. The van der Waals surface area contributed by atoms with Crippen LogP contribution in [-0.4, -0.2) is 19.6 Å². The number of carbonyl (C=O) groups is 1. The van der Waals surface area contributed by atoms with E-state index in [-0.39, 0.29) is 12.1 Å². The monoisotopic (exact) mass is 301 g/mol. The molecule has 0 aliphatic carbocycles. The Kier molecular flexibility index (Phi) is 5.81. The fourth-order valence-electron chi connectivity index (χ4n) is 1.83. The average Bonchev–Trinajstić information content (AvgIpc) is 2.43. The van der Waals surface area contributed by atoms with Crippen molar-refractivity contribution in [2.75, 3.05) is 19.0 Å². The van der Waals surface area contributed by atoms with Crippen LogP contribution in [0.25, 0.3) is 0 Å². The Morgan fingerprint density at radius 2 is 2.05 bits per heavy atom. The summed E-state index contributed by atoms with van der Waals surface area (Å²) >= 11 is 0. The van der Waals surface area contributed by atoms with Crippen LogP contribution in [0.1, 0.15) is 24.5 Å². The number of anilines is 1. The first kappa shape index (κ1) is 17.1. The second-order valence-corrected chi connectivity index (χ2v) is 4.48. The Balaban J connectivity index is 2.81. The molecule has 0 saturated carbocycles. The first-order valence-corrected chi connectivity index (χ1v) is 6.48. The van der Waals surface area contributed by atoms with Gasteiger partial charge in [0.1, 0.15) is 0 Å². The summed E-state index contributed by atoms with van der Waals surface area (Å²) in [6.45, 7) is 3.47. The van der Waals surface area contributed by atoms with Crippen molar-refractivity contribution in [2.24, 2.45) is 0 Å². The van der Waals surface area contributed by atoms with Gasteiger partial charge in [-0.3, -0.25) is 0 Å². The van der Waals surface area contributed by atoms with E-state index < -0.39 is 17.7 Å². The Hall–Kier alpha value is -1.98. The van der Waals surface area contributed by atoms with E-state index in [0.717, 1.165) is 6.07 Å². The van der Waals surface area contributed by atoms with Gasteiger partial charge in [-0.1, -0.05) is 19.1 Å². The number of nitrogens with one attached hydrogen (secondary N) is 1. The summed E-state index contributed by atoms with van der Waals surface area (Å²) in [5.41, 5.74) is 0.338. The molecule has 0 unspecified atom stereocenters. The molecular weight excluding hydrogens is 283 g/mol. The summed E-state index contributed by atoms with van der Waals surface area (Å²) in [6.07, 6.45) is -2.27. The number of hydrogen-bond donors (Lipinski definition) is 1. The molecule has 0 aromatic heterocycles. The molecule has 21 heavy (non-hydrogen) atoms. The molecule has 116 valence electrons. The Morgan fingerprint density at radius 3 is 2.57 bits per heavy atom. The lowest BCUT2D eigenvalue weighted by molar-refractivity contribution is -0.138. The minimum Gasteiger partial charge on any atom is -0.466 e. The van der Waals surface area contributed by atoms with E-state index >= 15 is 0 Å². The topological polar surface area (TPSA) is 38.3 Å². The quantitative estimate of drug-likeness (QED) is 0.661. The largest absolute Gasteiger partial charge is 0.466 e. The number of methoxy groups -OCH3 is 1. The van der Waals surface area contributed by atoms with Gasteiger partial charge in [0.05, 0.1) is 12.7 Å². The normalized spacial score (nSPS) is 12.2. The fraction of sp³-hybridized carbons (Fsp3) is 0.400. The summed E-state index contributed by atoms with van der Waals surface area (Å²) in [6, 6.07) is 4.05. The van der Waals surface area contributed by atoms with Crippen molar-refractivity contribution in [3.63, 3.8) is 0 Å². The minimum atomic E-state index is -4.38. The number of esters is 1. The SMILES string of the molecule is CC/C(=C/CNc1ccc(C)c(C(F)(F)F)c1)C(=O)OC. The van der Waals surface area contributed by atoms with Gasteiger partial charge in [-0.05, 0) is 31.0 Å². The molecule has 1 rings (SSSR count). The molecule has 0 saturated heterocycles. The minimum absolute atomic E-state index is 0.174. The molecule has 0 atom stereocenters. The molecule has 0 heterocycles. The molecule has 0 amide bonds. The fourth-order valence-corrected chi connectivity index (χ4v) is 1.83. The molecule has 0 aliphatic rings. The van der Waals surface area contributed by atoms with E-state index in [0.29, 0.717) is 17.7 Å². The molecule has 1 aromatic rings. The van der Waals surface area contributed by atoms with Crippen LogP contribution in [0.15, 0.2) is 29.8 Å². The number of alkyl halides is 3. The van der Waals surface area contributed by atoms with Crippen molar-refractivity contribution in [2.45, 2.75) is 26.4 Å². The molecular formula is C15H18F3NO2. The molecule has 1 N–H and O–H groups in total. The number of halogens is 3. The maximum absolute atomic E-state index is 12.8. The summed E-state index contributed by atoms with van der Waals surface area (Å²) < 4.78 is 43.0. The van der Waals surface area contributed by atoms with Gasteiger partial charge in [-0.25, -0.2) is 4.79 Å². The first-order valence-electron chi connectivity index (χ1n) is 6.48. The number of ether oxygens (including phenoxy) is 1. The highest BCUT2D eigenvalue weighted by molar-refractivity contribution is 5.88. The first-order chi connectivity index (χ1) is 9.79. The predicted octanol–water partition coefficient (Wildman–Crippen LogP) is 3.94. The van der Waals surface area contributed by atoms with E-state index in [9.17, 15) is 18.0 Å².